The zero-order valence-electron chi connectivity index (χ0n) is 13.4. The summed E-state index contributed by atoms with van der Waals surface area (Å²) in [7, 11) is 0. The Hall–Kier alpha value is -0.440. The number of benzene rings is 1. The molecule has 0 radical (unpaired) electrons. The first kappa shape index (κ1) is 16.9. The largest absolute Gasteiger partial charge is 0.363 e. The van der Waals surface area contributed by atoms with Crippen molar-refractivity contribution in [1.82, 2.24) is 5.32 Å². The molecule has 1 saturated heterocycles. The molecule has 118 valence electrons. The van der Waals surface area contributed by atoms with Gasteiger partial charge in [-0.15, -0.1) is 0 Å². The van der Waals surface area contributed by atoms with Crippen molar-refractivity contribution in [2.24, 2.45) is 11.8 Å². The molecule has 1 N–H and O–H groups in total. The SMILES string of the molecule is CC(C)CC1CN(c2c(Cl)cccc2Cl)C(C(C)C)CN1. The lowest BCUT2D eigenvalue weighted by Gasteiger charge is -2.45. The lowest BCUT2D eigenvalue weighted by Crippen LogP contribution is -2.58. The van der Waals surface area contributed by atoms with Crippen molar-refractivity contribution in [2.45, 2.75) is 46.2 Å². The molecule has 0 amide bonds. The Balaban J connectivity index is 2.30. The topological polar surface area (TPSA) is 15.3 Å². The van der Waals surface area contributed by atoms with Gasteiger partial charge in [0, 0.05) is 25.2 Å². The normalized spacial score (nSPS) is 23.1. The van der Waals surface area contributed by atoms with Crippen LogP contribution in [0, 0.1) is 11.8 Å². The van der Waals surface area contributed by atoms with Gasteiger partial charge < -0.3 is 10.2 Å². The number of nitrogens with zero attached hydrogens (tertiary/aromatic N) is 1. The minimum absolute atomic E-state index is 0.422. The molecule has 2 atom stereocenters. The number of anilines is 1. The molecule has 21 heavy (non-hydrogen) atoms. The Kier molecular flexibility index (Phi) is 5.81. The number of hydrogen-bond donors (Lipinski definition) is 1. The summed E-state index contributed by atoms with van der Waals surface area (Å²) in [6, 6.07) is 6.68. The average molecular weight is 329 g/mol. The summed E-state index contributed by atoms with van der Waals surface area (Å²) in [5.74, 6) is 1.23. The van der Waals surface area contributed by atoms with E-state index in [0.29, 0.717) is 23.9 Å². The third kappa shape index (κ3) is 4.06. The zero-order chi connectivity index (χ0) is 15.6. The first-order valence-corrected chi connectivity index (χ1v) is 8.59. The maximum atomic E-state index is 6.44. The molecule has 1 aromatic rings. The number of hydrogen-bond acceptors (Lipinski definition) is 2. The third-order valence-electron chi connectivity index (χ3n) is 4.18. The Morgan fingerprint density at radius 3 is 2.33 bits per heavy atom. The summed E-state index contributed by atoms with van der Waals surface area (Å²) >= 11 is 12.9. The molecular weight excluding hydrogens is 303 g/mol. The van der Waals surface area contributed by atoms with Crippen LogP contribution in [0.2, 0.25) is 10.0 Å². The quantitative estimate of drug-likeness (QED) is 0.850. The van der Waals surface area contributed by atoms with Gasteiger partial charge in [0.2, 0.25) is 0 Å². The van der Waals surface area contributed by atoms with Crippen LogP contribution in [0.1, 0.15) is 34.1 Å². The first-order chi connectivity index (χ1) is 9.90. The second-order valence-electron chi connectivity index (χ2n) is 6.77. The van der Waals surface area contributed by atoms with Crippen LogP contribution >= 0.6 is 23.2 Å². The van der Waals surface area contributed by atoms with E-state index >= 15 is 0 Å². The number of nitrogens with one attached hydrogen (secondary N) is 1. The number of halogens is 2. The molecule has 0 saturated carbocycles. The van der Waals surface area contributed by atoms with Crippen molar-refractivity contribution in [2.75, 3.05) is 18.0 Å². The second kappa shape index (κ2) is 7.21. The summed E-state index contributed by atoms with van der Waals surface area (Å²) in [4.78, 5) is 2.42. The van der Waals surface area contributed by atoms with Crippen LogP contribution in [0.25, 0.3) is 0 Å². The van der Waals surface area contributed by atoms with Crippen molar-refractivity contribution in [3.63, 3.8) is 0 Å². The molecule has 1 aromatic carbocycles. The molecule has 2 rings (SSSR count). The van der Waals surface area contributed by atoms with Gasteiger partial charge in [0.05, 0.1) is 15.7 Å². The van der Waals surface area contributed by atoms with E-state index in [4.69, 9.17) is 23.2 Å². The summed E-state index contributed by atoms with van der Waals surface area (Å²) in [5, 5.41) is 5.19. The summed E-state index contributed by atoms with van der Waals surface area (Å²) in [6.07, 6.45) is 1.17. The van der Waals surface area contributed by atoms with Gasteiger partial charge in [0.1, 0.15) is 0 Å². The van der Waals surface area contributed by atoms with Gasteiger partial charge in [-0.2, -0.15) is 0 Å². The van der Waals surface area contributed by atoms with Crippen LogP contribution in [0.15, 0.2) is 18.2 Å². The molecule has 2 unspecified atom stereocenters. The Bertz CT molecular complexity index is 454. The Morgan fingerprint density at radius 2 is 1.81 bits per heavy atom. The Morgan fingerprint density at radius 1 is 1.19 bits per heavy atom. The van der Waals surface area contributed by atoms with Gasteiger partial charge in [-0.3, -0.25) is 0 Å². The highest BCUT2D eigenvalue weighted by Crippen LogP contribution is 2.37. The lowest BCUT2D eigenvalue weighted by atomic mass is 9.94. The van der Waals surface area contributed by atoms with Crippen LogP contribution in [0.4, 0.5) is 5.69 Å². The second-order valence-corrected chi connectivity index (χ2v) is 7.58. The average Bonchev–Trinajstić information content (AvgIpc) is 2.37. The van der Waals surface area contributed by atoms with E-state index in [0.717, 1.165) is 28.8 Å². The minimum Gasteiger partial charge on any atom is -0.363 e. The Labute approximate surface area is 138 Å². The predicted molar refractivity (Wildman–Crippen MR) is 93.7 cm³/mol. The number of piperazine rings is 1. The summed E-state index contributed by atoms with van der Waals surface area (Å²) in [6.45, 7) is 11.0. The van der Waals surface area contributed by atoms with Gasteiger partial charge in [-0.05, 0) is 30.4 Å². The van der Waals surface area contributed by atoms with Gasteiger partial charge >= 0.3 is 0 Å². The van der Waals surface area contributed by atoms with Gasteiger partial charge in [0.15, 0.2) is 0 Å². The fraction of sp³-hybridized carbons (Fsp3) is 0.647. The molecule has 1 heterocycles. The molecule has 0 aromatic heterocycles. The van der Waals surface area contributed by atoms with Crippen LogP contribution in [0.3, 0.4) is 0 Å². The fourth-order valence-corrected chi connectivity index (χ4v) is 3.79. The van der Waals surface area contributed by atoms with E-state index < -0.39 is 0 Å². The molecule has 1 aliphatic heterocycles. The van der Waals surface area contributed by atoms with Crippen molar-refractivity contribution >= 4 is 28.9 Å². The minimum atomic E-state index is 0.422. The fourth-order valence-electron chi connectivity index (χ4n) is 3.18. The van der Waals surface area contributed by atoms with E-state index in [1.54, 1.807) is 0 Å². The van der Waals surface area contributed by atoms with Crippen molar-refractivity contribution in [3.05, 3.63) is 28.2 Å². The van der Waals surface area contributed by atoms with E-state index in [9.17, 15) is 0 Å². The van der Waals surface area contributed by atoms with Crippen molar-refractivity contribution < 1.29 is 0 Å². The molecular formula is C17H26Cl2N2. The lowest BCUT2D eigenvalue weighted by molar-refractivity contribution is 0.310. The maximum absolute atomic E-state index is 6.44. The molecule has 1 fully saturated rings. The number of rotatable bonds is 4. The molecule has 2 nitrogen and oxygen atoms in total. The highest BCUT2D eigenvalue weighted by atomic mass is 35.5. The highest BCUT2D eigenvalue weighted by Gasteiger charge is 2.32. The first-order valence-electron chi connectivity index (χ1n) is 7.84. The van der Waals surface area contributed by atoms with Crippen molar-refractivity contribution in [1.29, 1.82) is 0 Å². The van der Waals surface area contributed by atoms with Crippen LogP contribution < -0.4 is 10.2 Å². The van der Waals surface area contributed by atoms with Crippen LogP contribution in [0.5, 0.6) is 0 Å². The molecule has 0 bridgehead atoms. The van der Waals surface area contributed by atoms with Crippen LogP contribution in [-0.4, -0.2) is 25.2 Å². The van der Waals surface area contributed by atoms with E-state index in [-0.39, 0.29) is 0 Å². The smallest absolute Gasteiger partial charge is 0.0748 e. The summed E-state index contributed by atoms with van der Waals surface area (Å²) in [5.41, 5.74) is 0.995. The monoisotopic (exact) mass is 328 g/mol. The molecule has 0 aliphatic carbocycles. The standard InChI is InChI=1S/C17H26Cl2N2/c1-11(2)8-13-10-21(16(9-20-13)12(3)4)17-14(18)6-5-7-15(17)19/h5-7,11-13,16,20H,8-10H2,1-4H3. The van der Waals surface area contributed by atoms with Gasteiger partial charge in [0.25, 0.3) is 0 Å². The summed E-state index contributed by atoms with van der Waals surface area (Å²) < 4.78 is 0. The van der Waals surface area contributed by atoms with E-state index in [1.165, 1.54) is 6.42 Å². The van der Waals surface area contributed by atoms with Gasteiger partial charge in [-0.25, -0.2) is 0 Å². The molecule has 1 aliphatic rings. The predicted octanol–water partition coefficient (Wildman–Crippen LogP) is 4.84. The third-order valence-corrected chi connectivity index (χ3v) is 4.79. The van der Waals surface area contributed by atoms with E-state index in [1.807, 2.05) is 18.2 Å². The number of para-hydroxylation sites is 1. The molecule has 4 heteroatoms. The van der Waals surface area contributed by atoms with Crippen LogP contribution in [-0.2, 0) is 0 Å². The molecule has 0 spiro atoms. The zero-order valence-corrected chi connectivity index (χ0v) is 14.9. The van der Waals surface area contributed by atoms with E-state index in [2.05, 4.69) is 37.9 Å². The maximum Gasteiger partial charge on any atom is 0.0748 e. The van der Waals surface area contributed by atoms with Crippen molar-refractivity contribution in [3.8, 4) is 0 Å². The van der Waals surface area contributed by atoms with Gasteiger partial charge in [-0.1, -0.05) is 57.0 Å². The highest BCUT2D eigenvalue weighted by molar-refractivity contribution is 6.39.